The largest absolute Gasteiger partial charge is 0.423 e. The summed E-state index contributed by atoms with van der Waals surface area (Å²) in [7, 11) is -3.85. The Hall–Kier alpha value is -3.39. The lowest BCUT2D eigenvalue weighted by Gasteiger charge is -2.10. The first-order valence-corrected chi connectivity index (χ1v) is 10.0. The summed E-state index contributed by atoms with van der Waals surface area (Å²) in [5, 5.41) is 4.98. The molecule has 0 saturated heterocycles. The van der Waals surface area contributed by atoms with Crippen LogP contribution in [0.3, 0.4) is 0 Å². The first-order valence-electron chi connectivity index (χ1n) is 8.53. The molecule has 2 aromatic carbocycles. The first kappa shape index (κ1) is 18.0. The van der Waals surface area contributed by atoms with Gasteiger partial charge in [0, 0.05) is 11.5 Å². The third-order valence-electron chi connectivity index (χ3n) is 4.43. The number of nitrogens with one attached hydrogen (secondary N) is 1. The van der Waals surface area contributed by atoms with Gasteiger partial charge in [0.1, 0.15) is 5.58 Å². The second-order valence-corrected chi connectivity index (χ2v) is 8.04. The van der Waals surface area contributed by atoms with Crippen molar-refractivity contribution in [1.82, 2.24) is 9.78 Å². The molecular formula is C20H17N3O4S. The molecule has 0 aliphatic heterocycles. The van der Waals surface area contributed by atoms with Crippen molar-refractivity contribution in [1.29, 1.82) is 0 Å². The molecule has 0 unspecified atom stereocenters. The van der Waals surface area contributed by atoms with Crippen LogP contribution in [0.2, 0.25) is 0 Å². The summed E-state index contributed by atoms with van der Waals surface area (Å²) >= 11 is 0. The van der Waals surface area contributed by atoms with Gasteiger partial charge in [0.15, 0.2) is 0 Å². The molecule has 0 amide bonds. The van der Waals surface area contributed by atoms with E-state index in [1.807, 2.05) is 30.3 Å². The highest BCUT2D eigenvalue weighted by Gasteiger charge is 2.21. The van der Waals surface area contributed by atoms with Gasteiger partial charge in [0.25, 0.3) is 10.0 Å². The standard InChI is InChI=1S/C20H17N3O4S/c1-13-20(14(2)23(21-13)16-6-4-3-5-7-16)22-28(25,26)17-9-10-18-15(12-17)8-11-19(24)27-18/h3-12,22H,1-2H3. The Bertz CT molecular complexity index is 1340. The summed E-state index contributed by atoms with van der Waals surface area (Å²) in [5.41, 5.74) is 2.37. The van der Waals surface area contributed by atoms with Gasteiger partial charge in [-0.2, -0.15) is 5.10 Å². The number of sulfonamides is 1. The minimum atomic E-state index is -3.85. The lowest BCUT2D eigenvalue weighted by atomic mass is 10.2. The maximum absolute atomic E-state index is 12.9. The van der Waals surface area contributed by atoms with Crippen LogP contribution in [0.5, 0.6) is 0 Å². The van der Waals surface area contributed by atoms with Crippen molar-refractivity contribution in [3.8, 4) is 5.69 Å². The fourth-order valence-electron chi connectivity index (χ4n) is 3.02. The second kappa shape index (κ2) is 6.65. The zero-order valence-electron chi connectivity index (χ0n) is 15.2. The minimum absolute atomic E-state index is 0.0695. The normalized spacial score (nSPS) is 11.6. The molecule has 7 nitrogen and oxygen atoms in total. The van der Waals surface area contributed by atoms with Gasteiger partial charge in [-0.05, 0) is 50.2 Å². The van der Waals surface area contributed by atoms with Crippen LogP contribution in [-0.2, 0) is 10.0 Å². The van der Waals surface area contributed by atoms with Crippen LogP contribution < -0.4 is 10.3 Å². The molecule has 0 aliphatic rings. The molecule has 0 atom stereocenters. The van der Waals surface area contributed by atoms with Gasteiger partial charge < -0.3 is 4.42 Å². The van der Waals surface area contributed by atoms with Crippen LogP contribution in [0, 0.1) is 13.8 Å². The Kier molecular flexibility index (Phi) is 4.27. The molecule has 0 aliphatic carbocycles. The first-order chi connectivity index (χ1) is 13.3. The molecule has 0 saturated carbocycles. The zero-order valence-corrected chi connectivity index (χ0v) is 16.0. The number of hydrogen-bond donors (Lipinski definition) is 1. The monoisotopic (exact) mass is 395 g/mol. The average molecular weight is 395 g/mol. The molecule has 28 heavy (non-hydrogen) atoms. The fraction of sp³-hybridized carbons (Fsp3) is 0.100. The smallest absolute Gasteiger partial charge is 0.336 e. The van der Waals surface area contributed by atoms with Crippen molar-refractivity contribution in [2.24, 2.45) is 0 Å². The number of fused-ring (bicyclic) bond motifs is 1. The topological polar surface area (TPSA) is 94.2 Å². The summed E-state index contributed by atoms with van der Waals surface area (Å²) in [4.78, 5) is 11.4. The fourth-order valence-corrected chi connectivity index (χ4v) is 4.23. The van der Waals surface area contributed by atoms with E-state index in [1.54, 1.807) is 18.5 Å². The van der Waals surface area contributed by atoms with Crippen molar-refractivity contribution in [2.75, 3.05) is 4.72 Å². The number of aryl methyl sites for hydroxylation is 1. The molecule has 0 spiro atoms. The van der Waals surface area contributed by atoms with E-state index in [0.29, 0.717) is 28.0 Å². The second-order valence-electron chi connectivity index (χ2n) is 6.35. The maximum Gasteiger partial charge on any atom is 0.336 e. The van der Waals surface area contributed by atoms with Gasteiger partial charge in [0.2, 0.25) is 0 Å². The maximum atomic E-state index is 12.9. The van der Waals surface area contributed by atoms with Crippen molar-refractivity contribution in [2.45, 2.75) is 18.7 Å². The third-order valence-corrected chi connectivity index (χ3v) is 5.78. The van der Waals surface area contributed by atoms with E-state index < -0.39 is 15.6 Å². The minimum Gasteiger partial charge on any atom is -0.423 e. The Labute approximate surface area is 161 Å². The van der Waals surface area contributed by atoms with Gasteiger partial charge in [0.05, 0.1) is 27.7 Å². The molecule has 8 heteroatoms. The predicted octanol–water partition coefficient (Wildman–Crippen LogP) is 3.40. The van der Waals surface area contributed by atoms with Gasteiger partial charge in [-0.15, -0.1) is 0 Å². The Morgan fingerprint density at radius 2 is 1.75 bits per heavy atom. The lowest BCUT2D eigenvalue weighted by molar-refractivity contribution is 0.560. The molecular weight excluding hydrogens is 378 g/mol. The number of nitrogens with zero attached hydrogens (tertiary/aromatic N) is 2. The number of para-hydroxylation sites is 1. The zero-order chi connectivity index (χ0) is 19.9. The molecule has 0 fully saturated rings. The highest BCUT2D eigenvalue weighted by Crippen LogP contribution is 2.26. The van der Waals surface area contributed by atoms with Gasteiger partial charge in [-0.25, -0.2) is 17.9 Å². The Balaban J connectivity index is 1.73. The van der Waals surface area contributed by atoms with E-state index in [2.05, 4.69) is 9.82 Å². The number of benzene rings is 2. The van der Waals surface area contributed by atoms with Crippen LogP contribution in [0.1, 0.15) is 11.4 Å². The van der Waals surface area contributed by atoms with Gasteiger partial charge in [-0.1, -0.05) is 18.2 Å². The molecule has 142 valence electrons. The lowest BCUT2D eigenvalue weighted by Crippen LogP contribution is -2.14. The highest BCUT2D eigenvalue weighted by atomic mass is 32.2. The molecule has 2 heterocycles. The van der Waals surface area contributed by atoms with Crippen molar-refractivity contribution < 1.29 is 12.8 Å². The van der Waals surface area contributed by atoms with E-state index in [4.69, 9.17) is 4.42 Å². The van der Waals surface area contributed by atoms with Gasteiger partial charge >= 0.3 is 5.63 Å². The quantitative estimate of drug-likeness (QED) is 0.535. The molecule has 0 radical (unpaired) electrons. The SMILES string of the molecule is Cc1nn(-c2ccccc2)c(C)c1NS(=O)(=O)c1ccc2oc(=O)ccc2c1. The molecule has 1 N–H and O–H groups in total. The Morgan fingerprint density at radius 1 is 1.00 bits per heavy atom. The van der Waals surface area contributed by atoms with E-state index >= 15 is 0 Å². The summed E-state index contributed by atoms with van der Waals surface area (Å²) in [6, 6.07) is 16.6. The van der Waals surface area contributed by atoms with Crippen molar-refractivity contribution >= 4 is 26.7 Å². The van der Waals surface area contributed by atoms with Crippen LogP contribution in [0.15, 0.2) is 74.8 Å². The van der Waals surface area contributed by atoms with Crippen molar-refractivity contribution in [3.05, 3.63) is 82.5 Å². The van der Waals surface area contributed by atoms with Crippen LogP contribution in [0.4, 0.5) is 5.69 Å². The summed E-state index contributed by atoms with van der Waals surface area (Å²) in [5.74, 6) is 0. The van der Waals surface area contributed by atoms with Crippen LogP contribution >= 0.6 is 0 Å². The number of hydrogen-bond acceptors (Lipinski definition) is 5. The molecule has 2 aromatic heterocycles. The van der Waals surface area contributed by atoms with E-state index in [9.17, 15) is 13.2 Å². The summed E-state index contributed by atoms with van der Waals surface area (Å²) in [6.45, 7) is 3.55. The average Bonchev–Trinajstić information content (AvgIpc) is 2.96. The van der Waals surface area contributed by atoms with Crippen molar-refractivity contribution in [3.63, 3.8) is 0 Å². The molecule has 0 bridgehead atoms. The molecule has 4 rings (SSSR count). The number of aromatic nitrogens is 2. The number of rotatable bonds is 4. The van der Waals surface area contributed by atoms with Gasteiger partial charge in [-0.3, -0.25) is 4.72 Å². The predicted molar refractivity (Wildman–Crippen MR) is 106 cm³/mol. The molecule has 4 aromatic rings. The highest BCUT2D eigenvalue weighted by molar-refractivity contribution is 7.92. The van der Waals surface area contributed by atoms with Crippen LogP contribution in [0.25, 0.3) is 16.7 Å². The summed E-state index contributed by atoms with van der Waals surface area (Å²) in [6.07, 6.45) is 0. The van der Waals surface area contributed by atoms with E-state index in [1.165, 1.54) is 30.3 Å². The number of anilines is 1. The summed E-state index contributed by atoms with van der Waals surface area (Å²) < 4.78 is 35.2. The Morgan fingerprint density at radius 3 is 2.50 bits per heavy atom. The van der Waals surface area contributed by atoms with E-state index in [0.717, 1.165) is 5.69 Å². The van der Waals surface area contributed by atoms with Crippen LogP contribution in [-0.4, -0.2) is 18.2 Å². The van der Waals surface area contributed by atoms with E-state index in [-0.39, 0.29) is 4.90 Å². The third kappa shape index (κ3) is 3.18.